The van der Waals surface area contributed by atoms with Gasteiger partial charge in [0.15, 0.2) is 0 Å². The molecular weight excluding hydrogens is 412 g/mol. The van der Waals surface area contributed by atoms with E-state index in [1.54, 1.807) is 18.2 Å². The molecule has 7 nitrogen and oxygen atoms in total. The third-order valence-electron chi connectivity index (χ3n) is 5.37. The first-order chi connectivity index (χ1) is 14.6. The molecule has 0 saturated heterocycles. The van der Waals surface area contributed by atoms with Gasteiger partial charge in [-0.1, -0.05) is 19.9 Å². The first-order valence-electron chi connectivity index (χ1n) is 10.5. The zero-order valence-electron chi connectivity index (χ0n) is 18.8. The Morgan fingerprint density at radius 3 is 2.32 bits per heavy atom. The molecule has 0 aliphatic rings. The topological polar surface area (TPSA) is 84.3 Å². The van der Waals surface area contributed by atoms with Crippen LogP contribution in [0.5, 0.6) is 0 Å². The molecule has 8 heteroatoms. The molecule has 1 aromatic heterocycles. The number of carbonyl (C=O) groups is 1. The quantitative estimate of drug-likeness (QED) is 0.575. The maximum Gasteiger partial charge on any atom is 0.243 e. The number of imidazole rings is 1. The Balaban J connectivity index is 1.77. The summed E-state index contributed by atoms with van der Waals surface area (Å²) in [5, 5.41) is 2.94. The Kier molecular flexibility index (Phi) is 6.81. The highest BCUT2D eigenvalue weighted by molar-refractivity contribution is 7.89. The molecule has 3 rings (SSSR count). The van der Waals surface area contributed by atoms with Crippen molar-refractivity contribution < 1.29 is 13.2 Å². The lowest BCUT2D eigenvalue weighted by Crippen LogP contribution is -2.30. The van der Waals surface area contributed by atoms with Gasteiger partial charge in [-0.2, -0.15) is 4.31 Å². The number of rotatable bonds is 8. The van der Waals surface area contributed by atoms with Crippen LogP contribution < -0.4 is 5.32 Å². The Hall–Kier alpha value is -2.71. The van der Waals surface area contributed by atoms with Gasteiger partial charge in [0, 0.05) is 38.7 Å². The molecule has 0 unspecified atom stereocenters. The Labute approximate surface area is 184 Å². The van der Waals surface area contributed by atoms with Gasteiger partial charge in [0.05, 0.1) is 15.9 Å². The third kappa shape index (κ3) is 4.97. The van der Waals surface area contributed by atoms with E-state index in [2.05, 4.69) is 16.4 Å². The summed E-state index contributed by atoms with van der Waals surface area (Å²) in [5.41, 5.74) is 4.43. The van der Waals surface area contributed by atoms with Gasteiger partial charge in [-0.05, 0) is 55.3 Å². The smallest absolute Gasteiger partial charge is 0.243 e. The van der Waals surface area contributed by atoms with Gasteiger partial charge in [-0.3, -0.25) is 4.79 Å². The van der Waals surface area contributed by atoms with Crippen LogP contribution in [0.2, 0.25) is 0 Å². The summed E-state index contributed by atoms with van der Waals surface area (Å²) in [6.45, 7) is 8.47. The van der Waals surface area contributed by atoms with Crippen LogP contribution >= 0.6 is 0 Å². The van der Waals surface area contributed by atoms with Crippen molar-refractivity contribution in [2.75, 3.05) is 18.4 Å². The number of aryl methyl sites for hydroxylation is 4. The van der Waals surface area contributed by atoms with Gasteiger partial charge in [0.2, 0.25) is 15.9 Å². The van der Waals surface area contributed by atoms with Crippen molar-refractivity contribution in [2.45, 2.75) is 45.4 Å². The zero-order chi connectivity index (χ0) is 22.8. The Bertz CT molecular complexity index is 1190. The van der Waals surface area contributed by atoms with Crippen molar-refractivity contribution in [2.24, 2.45) is 7.05 Å². The number of fused-ring (bicyclic) bond motifs is 1. The number of sulfonamides is 1. The van der Waals surface area contributed by atoms with Gasteiger partial charge < -0.3 is 9.88 Å². The van der Waals surface area contributed by atoms with Gasteiger partial charge >= 0.3 is 0 Å². The van der Waals surface area contributed by atoms with E-state index in [1.165, 1.54) is 4.31 Å². The highest BCUT2D eigenvalue weighted by atomic mass is 32.2. The fraction of sp³-hybridized carbons (Fsp3) is 0.391. The van der Waals surface area contributed by atoms with E-state index in [-0.39, 0.29) is 17.2 Å². The summed E-state index contributed by atoms with van der Waals surface area (Å²) in [7, 11) is -1.66. The zero-order valence-corrected chi connectivity index (χ0v) is 19.6. The van der Waals surface area contributed by atoms with Crippen LogP contribution in [0.3, 0.4) is 0 Å². The predicted molar refractivity (Wildman–Crippen MR) is 124 cm³/mol. The van der Waals surface area contributed by atoms with Crippen LogP contribution in [0.25, 0.3) is 11.0 Å². The van der Waals surface area contributed by atoms with Gasteiger partial charge in [-0.15, -0.1) is 0 Å². The average molecular weight is 443 g/mol. The molecule has 2 aromatic carbocycles. The second kappa shape index (κ2) is 9.20. The van der Waals surface area contributed by atoms with Gasteiger partial charge in [0.1, 0.15) is 5.82 Å². The number of amides is 1. The molecule has 3 aromatic rings. The second-order valence-corrected chi connectivity index (χ2v) is 9.69. The molecule has 0 aliphatic carbocycles. The minimum atomic E-state index is -3.54. The fourth-order valence-electron chi connectivity index (χ4n) is 3.82. The summed E-state index contributed by atoms with van der Waals surface area (Å²) in [5.74, 6) is 0.657. The molecule has 31 heavy (non-hydrogen) atoms. The molecule has 0 spiro atoms. The molecule has 0 saturated carbocycles. The number of aromatic nitrogens is 2. The number of hydrogen-bond donors (Lipinski definition) is 1. The maximum absolute atomic E-state index is 12.8. The van der Waals surface area contributed by atoms with Crippen LogP contribution in [0.1, 0.15) is 37.2 Å². The lowest BCUT2D eigenvalue weighted by molar-refractivity contribution is -0.116. The Morgan fingerprint density at radius 1 is 1.06 bits per heavy atom. The number of carbonyl (C=O) groups excluding carboxylic acids is 1. The standard InChI is InChI=1S/C23H30N4O3S/c1-6-27(7-2)31(29,30)19-8-9-21-20(15-19)25-22(26(21)5)10-11-23(28)24-18-13-16(3)12-17(4)14-18/h8-9,12-15H,6-7,10-11H2,1-5H3,(H,24,28). The molecule has 0 bridgehead atoms. The summed E-state index contributed by atoms with van der Waals surface area (Å²) in [6.07, 6.45) is 0.745. The minimum absolute atomic E-state index is 0.0816. The fourth-order valence-corrected chi connectivity index (χ4v) is 5.30. The van der Waals surface area contributed by atoms with Crippen LogP contribution in [-0.2, 0) is 28.3 Å². The number of nitrogens with one attached hydrogen (secondary N) is 1. The van der Waals surface area contributed by atoms with Gasteiger partial charge in [-0.25, -0.2) is 13.4 Å². The first kappa shape index (κ1) is 23.0. The third-order valence-corrected chi connectivity index (χ3v) is 7.42. The average Bonchev–Trinajstić information content (AvgIpc) is 3.01. The summed E-state index contributed by atoms with van der Waals surface area (Å²) < 4.78 is 28.9. The molecule has 166 valence electrons. The van der Waals surface area contributed by atoms with Crippen molar-refractivity contribution in [3.05, 3.63) is 53.3 Å². The molecular formula is C23H30N4O3S. The normalized spacial score (nSPS) is 11.9. The molecule has 1 N–H and O–H groups in total. The maximum atomic E-state index is 12.8. The Morgan fingerprint density at radius 2 is 1.71 bits per heavy atom. The molecule has 0 radical (unpaired) electrons. The summed E-state index contributed by atoms with van der Waals surface area (Å²) >= 11 is 0. The lowest BCUT2D eigenvalue weighted by Gasteiger charge is -2.18. The number of benzene rings is 2. The van der Waals surface area contributed by atoms with E-state index >= 15 is 0 Å². The van der Waals surface area contributed by atoms with Crippen LogP contribution in [-0.4, -0.2) is 41.3 Å². The minimum Gasteiger partial charge on any atom is -0.331 e. The molecule has 1 amide bonds. The lowest BCUT2D eigenvalue weighted by atomic mass is 10.1. The van der Waals surface area contributed by atoms with Crippen LogP contribution in [0.15, 0.2) is 41.3 Å². The molecule has 0 fully saturated rings. The molecule has 0 atom stereocenters. The molecule has 1 heterocycles. The first-order valence-corrected chi connectivity index (χ1v) is 11.9. The van der Waals surface area contributed by atoms with Crippen molar-refractivity contribution in [3.8, 4) is 0 Å². The number of anilines is 1. The highest BCUT2D eigenvalue weighted by Crippen LogP contribution is 2.23. The number of hydrogen-bond acceptors (Lipinski definition) is 4. The van der Waals surface area contributed by atoms with E-state index in [9.17, 15) is 13.2 Å². The monoisotopic (exact) mass is 442 g/mol. The second-order valence-electron chi connectivity index (χ2n) is 7.75. The van der Waals surface area contributed by atoms with Crippen molar-refractivity contribution in [3.63, 3.8) is 0 Å². The molecule has 0 aliphatic heterocycles. The number of nitrogens with zero attached hydrogens (tertiary/aromatic N) is 3. The van der Waals surface area contributed by atoms with E-state index in [4.69, 9.17) is 0 Å². The van der Waals surface area contributed by atoms with Gasteiger partial charge in [0.25, 0.3) is 0 Å². The van der Waals surface area contributed by atoms with E-state index in [1.807, 2.05) is 51.4 Å². The highest BCUT2D eigenvalue weighted by Gasteiger charge is 2.22. The summed E-state index contributed by atoms with van der Waals surface area (Å²) in [6, 6.07) is 11.0. The largest absolute Gasteiger partial charge is 0.331 e. The van der Waals surface area contributed by atoms with Crippen molar-refractivity contribution in [1.82, 2.24) is 13.9 Å². The van der Waals surface area contributed by atoms with E-state index in [0.717, 1.165) is 28.2 Å². The van der Waals surface area contributed by atoms with Crippen LogP contribution in [0.4, 0.5) is 5.69 Å². The summed E-state index contributed by atoms with van der Waals surface area (Å²) in [4.78, 5) is 17.3. The van der Waals surface area contributed by atoms with Crippen LogP contribution in [0, 0.1) is 13.8 Å². The predicted octanol–water partition coefficient (Wildman–Crippen LogP) is 3.79. The van der Waals surface area contributed by atoms with Crippen molar-refractivity contribution in [1.29, 1.82) is 0 Å². The van der Waals surface area contributed by atoms with E-state index in [0.29, 0.717) is 25.0 Å². The van der Waals surface area contributed by atoms with E-state index < -0.39 is 10.0 Å². The van der Waals surface area contributed by atoms with Crippen molar-refractivity contribution >= 4 is 32.7 Å². The SMILES string of the molecule is CCN(CC)S(=O)(=O)c1ccc2c(c1)nc(CCC(=O)Nc1cc(C)cc(C)c1)n2C.